The highest BCUT2D eigenvalue weighted by molar-refractivity contribution is 7.23. The van der Waals surface area contributed by atoms with Crippen LogP contribution in [-0.4, -0.2) is 80.5 Å². The first-order valence-corrected chi connectivity index (χ1v) is 12.8. The van der Waals surface area contributed by atoms with E-state index < -0.39 is 0 Å². The van der Waals surface area contributed by atoms with Crippen molar-refractivity contribution < 1.29 is 19.0 Å². The molecule has 9 nitrogen and oxygen atoms in total. The zero-order valence-corrected chi connectivity index (χ0v) is 21.0. The third-order valence-corrected chi connectivity index (χ3v) is 7.57. The number of nitrogens with one attached hydrogen (secondary N) is 1. The summed E-state index contributed by atoms with van der Waals surface area (Å²) in [6, 6.07) is 7.99. The SMILES string of the molecule is COCC1CCCN1Cc1cc(C(=O)Nc2nc3c(OC)ccc(N4CCOCC4)c3s2)ccn1. The van der Waals surface area contributed by atoms with E-state index in [0.717, 1.165) is 54.1 Å². The van der Waals surface area contributed by atoms with Crippen LogP contribution in [-0.2, 0) is 16.0 Å². The molecule has 2 fully saturated rings. The summed E-state index contributed by atoms with van der Waals surface area (Å²) in [5.74, 6) is 0.491. The highest BCUT2D eigenvalue weighted by Gasteiger charge is 2.25. The zero-order valence-electron chi connectivity index (χ0n) is 20.2. The van der Waals surface area contributed by atoms with E-state index in [1.54, 1.807) is 26.5 Å². The number of benzene rings is 1. The highest BCUT2D eigenvalue weighted by atomic mass is 32.1. The Balaban J connectivity index is 1.34. The maximum Gasteiger partial charge on any atom is 0.257 e. The van der Waals surface area contributed by atoms with Crippen LogP contribution in [0.3, 0.4) is 0 Å². The van der Waals surface area contributed by atoms with Gasteiger partial charge in [-0.05, 0) is 43.7 Å². The minimum atomic E-state index is -0.200. The van der Waals surface area contributed by atoms with Crippen molar-refractivity contribution in [3.8, 4) is 5.75 Å². The molecule has 2 aromatic heterocycles. The quantitative estimate of drug-likeness (QED) is 0.507. The summed E-state index contributed by atoms with van der Waals surface area (Å²) in [7, 11) is 3.37. The lowest BCUT2D eigenvalue weighted by Crippen LogP contribution is -2.36. The number of fused-ring (bicyclic) bond motifs is 1. The van der Waals surface area contributed by atoms with E-state index in [1.807, 2.05) is 12.1 Å². The van der Waals surface area contributed by atoms with Crippen molar-refractivity contribution in [1.29, 1.82) is 0 Å². The van der Waals surface area contributed by atoms with Crippen molar-refractivity contribution >= 4 is 38.3 Å². The predicted octanol–water partition coefficient (Wildman–Crippen LogP) is 3.40. The summed E-state index contributed by atoms with van der Waals surface area (Å²) in [4.78, 5) is 27.0. The lowest BCUT2D eigenvalue weighted by atomic mass is 10.2. The second kappa shape index (κ2) is 10.9. The van der Waals surface area contributed by atoms with E-state index >= 15 is 0 Å². The Morgan fingerprint density at radius 1 is 1.23 bits per heavy atom. The molecule has 0 bridgehead atoms. The summed E-state index contributed by atoms with van der Waals surface area (Å²) in [6.45, 7) is 5.48. The van der Waals surface area contributed by atoms with Crippen LogP contribution >= 0.6 is 11.3 Å². The number of aromatic nitrogens is 2. The van der Waals surface area contributed by atoms with Gasteiger partial charge in [0.25, 0.3) is 5.91 Å². The number of nitrogens with zero attached hydrogens (tertiary/aromatic N) is 4. The van der Waals surface area contributed by atoms with Gasteiger partial charge in [0.05, 0.1) is 43.0 Å². The first-order valence-electron chi connectivity index (χ1n) is 12.0. The van der Waals surface area contributed by atoms with E-state index in [9.17, 15) is 4.79 Å². The maximum absolute atomic E-state index is 13.1. The number of carbonyl (C=O) groups excluding carboxylic acids is 1. The third-order valence-electron chi connectivity index (χ3n) is 6.58. The van der Waals surface area contributed by atoms with Gasteiger partial charge >= 0.3 is 0 Å². The molecule has 0 spiro atoms. The number of methoxy groups -OCH3 is 2. The number of likely N-dealkylation sites (tertiary alicyclic amines) is 1. The Morgan fingerprint density at radius 2 is 2.09 bits per heavy atom. The van der Waals surface area contributed by atoms with Crippen LogP contribution in [0.1, 0.15) is 28.9 Å². The lowest BCUT2D eigenvalue weighted by Gasteiger charge is -2.29. The van der Waals surface area contributed by atoms with Gasteiger partial charge in [-0.15, -0.1) is 0 Å². The fourth-order valence-corrected chi connectivity index (χ4v) is 5.83. The second-order valence-corrected chi connectivity index (χ2v) is 9.79. The highest BCUT2D eigenvalue weighted by Crippen LogP contribution is 2.39. The van der Waals surface area contributed by atoms with E-state index in [4.69, 9.17) is 19.2 Å². The van der Waals surface area contributed by atoms with E-state index in [1.165, 1.54) is 11.3 Å². The molecule has 3 aromatic rings. The fraction of sp³-hybridized carbons (Fsp3) is 0.480. The molecule has 4 heterocycles. The van der Waals surface area contributed by atoms with E-state index in [2.05, 4.69) is 26.2 Å². The van der Waals surface area contributed by atoms with Crippen molar-refractivity contribution in [3.63, 3.8) is 0 Å². The number of amides is 1. The van der Waals surface area contributed by atoms with Gasteiger partial charge < -0.3 is 19.1 Å². The minimum absolute atomic E-state index is 0.200. The molecule has 2 saturated heterocycles. The van der Waals surface area contributed by atoms with Crippen molar-refractivity contribution in [3.05, 3.63) is 41.7 Å². The maximum atomic E-state index is 13.1. The first-order chi connectivity index (χ1) is 17.2. The predicted molar refractivity (Wildman–Crippen MR) is 137 cm³/mol. The Kier molecular flexibility index (Phi) is 7.43. The fourth-order valence-electron chi connectivity index (χ4n) is 4.81. The van der Waals surface area contributed by atoms with E-state index in [-0.39, 0.29) is 5.91 Å². The number of thiazole rings is 1. The molecule has 1 aromatic carbocycles. The van der Waals surface area contributed by atoms with E-state index in [0.29, 0.717) is 48.9 Å². The largest absolute Gasteiger partial charge is 0.494 e. The summed E-state index contributed by atoms with van der Waals surface area (Å²) < 4.78 is 17.4. The molecule has 1 N–H and O–H groups in total. The monoisotopic (exact) mass is 497 g/mol. The van der Waals surface area contributed by atoms with Gasteiger partial charge in [0.1, 0.15) is 11.3 Å². The molecule has 186 valence electrons. The first kappa shape index (κ1) is 23.9. The molecule has 2 aliphatic rings. The van der Waals surface area contributed by atoms with Crippen LogP contribution in [0.2, 0.25) is 0 Å². The van der Waals surface area contributed by atoms with Crippen molar-refractivity contribution in [2.75, 3.05) is 63.9 Å². The van der Waals surface area contributed by atoms with Gasteiger partial charge in [-0.1, -0.05) is 11.3 Å². The molecular weight excluding hydrogens is 466 g/mol. The van der Waals surface area contributed by atoms with Gasteiger partial charge in [-0.2, -0.15) is 0 Å². The molecule has 1 amide bonds. The molecule has 0 saturated carbocycles. The average molecular weight is 498 g/mol. The smallest absolute Gasteiger partial charge is 0.257 e. The molecular formula is C25H31N5O4S. The number of ether oxygens (including phenoxy) is 3. The zero-order chi connectivity index (χ0) is 24.2. The van der Waals surface area contributed by atoms with Crippen molar-refractivity contribution in [1.82, 2.24) is 14.9 Å². The summed E-state index contributed by atoms with van der Waals surface area (Å²) in [5, 5.41) is 3.53. The topological polar surface area (TPSA) is 89.0 Å². The summed E-state index contributed by atoms with van der Waals surface area (Å²) in [6.07, 6.45) is 3.98. The Bertz CT molecular complexity index is 1180. The number of hydrogen-bond donors (Lipinski definition) is 1. The van der Waals surface area contributed by atoms with Gasteiger partial charge in [0.15, 0.2) is 5.13 Å². The molecule has 1 atom stereocenters. The number of rotatable bonds is 8. The Labute approximate surface area is 209 Å². The standard InChI is InChI=1S/C25H31N5O4S/c1-32-16-19-4-3-9-30(19)15-18-14-17(7-8-26-18)24(31)28-25-27-22-21(33-2)6-5-20(23(22)35-25)29-10-12-34-13-11-29/h5-8,14,19H,3-4,9-13,15-16H2,1-2H3,(H,27,28,31). The number of anilines is 2. The van der Waals surface area contributed by atoms with Crippen LogP contribution in [0, 0.1) is 0 Å². The van der Waals surface area contributed by atoms with Crippen LogP contribution in [0.4, 0.5) is 10.8 Å². The van der Waals surface area contributed by atoms with Crippen LogP contribution in [0.5, 0.6) is 5.75 Å². The average Bonchev–Trinajstić information content (AvgIpc) is 3.51. The third kappa shape index (κ3) is 5.25. The normalized spacial score (nSPS) is 18.8. The molecule has 10 heteroatoms. The van der Waals surface area contributed by atoms with Crippen molar-refractivity contribution in [2.24, 2.45) is 0 Å². The van der Waals surface area contributed by atoms with Gasteiger partial charge in [0.2, 0.25) is 0 Å². The van der Waals surface area contributed by atoms with Crippen LogP contribution < -0.4 is 15.0 Å². The number of carbonyl (C=O) groups is 1. The molecule has 1 unspecified atom stereocenters. The molecule has 0 aliphatic carbocycles. The van der Waals surface area contributed by atoms with Gasteiger partial charge in [0, 0.05) is 44.5 Å². The number of hydrogen-bond acceptors (Lipinski definition) is 9. The number of pyridine rings is 1. The van der Waals surface area contributed by atoms with Crippen LogP contribution in [0.25, 0.3) is 10.2 Å². The summed E-state index contributed by atoms with van der Waals surface area (Å²) >= 11 is 1.46. The Hall–Kier alpha value is -2.79. The molecule has 5 rings (SSSR count). The summed E-state index contributed by atoms with van der Waals surface area (Å²) in [5.41, 5.74) is 3.29. The minimum Gasteiger partial charge on any atom is -0.494 e. The lowest BCUT2D eigenvalue weighted by molar-refractivity contribution is 0.102. The molecule has 2 aliphatic heterocycles. The van der Waals surface area contributed by atoms with Gasteiger partial charge in [-0.25, -0.2) is 4.98 Å². The van der Waals surface area contributed by atoms with Gasteiger partial charge in [-0.3, -0.25) is 20.0 Å². The van der Waals surface area contributed by atoms with Crippen molar-refractivity contribution in [2.45, 2.75) is 25.4 Å². The Morgan fingerprint density at radius 3 is 2.89 bits per heavy atom. The second-order valence-electron chi connectivity index (χ2n) is 8.79. The molecule has 35 heavy (non-hydrogen) atoms. The molecule has 0 radical (unpaired) electrons. The van der Waals surface area contributed by atoms with Crippen LogP contribution in [0.15, 0.2) is 30.5 Å². The number of morpholine rings is 1.